The van der Waals surface area contributed by atoms with Crippen LogP contribution >= 0.6 is 0 Å². The zero-order valence-electron chi connectivity index (χ0n) is 22.5. The Morgan fingerprint density at radius 3 is 1.97 bits per heavy atom. The van der Waals surface area contributed by atoms with Crippen molar-refractivity contribution in [1.82, 2.24) is 10.2 Å². The summed E-state index contributed by atoms with van der Waals surface area (Å²) in [5, 5.41) is 2.85. The van der Waals surface area contributed by atoms with Gasteiger partial charge in [-0.25, -0.2) is 8.42 Å². The first kappa shape index (κ1) is 28.9. The molecule has 0 heterocycles. The Morgan fingerprint density at radius 1 is 0.842 bits per heavy atom. The van der Waals surface area contributed by atoms with E-state index in [1.54, 1.807) is 37.3 Å². The Morgan fingerprint density at radius 2 is 1.42 bits per heavy atom. The fourth-order valence-electron chi connectivity index (χ4n) is 4.03. The smallest absolute Gasteiger partial charge is 0.264 e. The third-order valence-corrected chi connectivity index (χ3v) is 8.16. The molecule has 0 radical (unpaired) electrons. The van der Waals surface area contributed by atoms with Gasteiger partial charge in [-0.3, -0.25) is 13.9 Å². The van der Waals surface area contributed by atoms with Crippen LogP contribution in [0.2, 0.25) is 0 Å². The van der Waals surface area contributed by atoms with E-state index >= 15 is 0 Å². The van der Waals surface area contributed by atoms with E-state index in [2.05, 4.69) is 19.2 Å². The van der Waals surface area contributed by atoms with Gasteiger partial charge >= 0.3 is 0 Å². The lowest BCUT2D eigenvalue weighted by Gasteiger charge is -2.32. The molecule has 8 heteroatoms. The monoisotopic (exact) mass is 535 g/mol. The van der Waals surface area contributed by atoms with Crippen molar-refractivity contribution in [3.05, 3.63) is 96.1 Å². The summed E-state index contributed by atoms with van der Waals surface area (Å²) in [6.07, 6.45) is 0.764. The third kappa shape index (κ3) is 7.22. The molecule has 0 fully saturated rings. The minimum Gasteiger partial charge on any atom is -0.354 e. The van der Waals surface area contributed by atoms with Gasteiger partial charge in [-0.15, -0.1) is 0 Å². The molecule has 1 atom stereocenters. The summed E-state index contributed by atoms with van der Waals surface area (Å²) >= 11 is 0. The standard InChI is InChI=1S/C30H37N3O4S/c1-5-20-31-30(35)24(4)32(21-25-12-8-6-9-13-25)29(34)22-33(27-18-16-26(17-19-27)23(2)3)38(36,37)28-14-10-7-11-15-28/h6-19,23-24H,5,20-22H2,1-4H3,(H,31,35)/t24-/m1/s1. The highest BCUT2D eigenvalue weighted by atomic mass is 32.2. The predicted molar refractivity (Wildman–Crippen MR) is 151 cm³/mol. The maximum absolute atomic E-state index is 13.8. The Bertz CT molecular complexity index is 1290. The summed E-state index contributed by atoms with van der Waals surface area (Å²) in [6, 6.07) is 23.8. The summed E-state index contributed by atoms with van der Waals surface area (Å²) in [7, 11) is -4.06. The van der Waals surface area contributed by atoms with Gasteiger partial charge in [0.15, 0.2) is 0 Å². The molecule has 0 aliphatic rings. The van der Waals surface area contributed by atoms with Crippen molar-refractivity contribution in [2.45, 2.75) is 57.5 Å². The molecule has 0 aliphatic carbocycles. The zero-order chi connectivity index (χ0) is 27.7. The topological polar surface area (TPSA) is 86.8 Å². The molecule has 1 N–H and O–H groups in total. The lowest BCUT2D eigenvalue weighted by atomic mass is 10.0. The second-order valence-electron chi connectivity index (χ2n) is 9.55. The Balaban J connectivity index is 2.00. The molecule has 0 aromatic heterocycles. The molecule has 3 aromatic rings. The fourth-order valence-corrected chi connectivity index (χ4v) is 5.47. The number of carbonyl (C=O) groups is 2. The summed E-state index contributed by atoms with van der Waals surface area (Å²) in [5.41, 5.74) is 2.29. The molecular formula is C30H37N3O4S. The van der Waals surface area contributed by atoms with Crippen LogP contribution in [0.25, 0.3) is 0 Å². The molecular weight excluding hydrogens is 498 g/mol. The van der Waals surface area contributed by atoms with E-state index in [1.165, 1.54) is 17.0 Å². The second-order valence-corrected chi connectivity index (χ2v) is 11.4. The number of nitrogens with zero attached hydrogens (tertiary/aromatic N) is 2. The second kappa shape index (κ2) is 13.2. The van der Waals surface area contributed by atoms with E-state index < -0.39 is 28.5 Å². The van der Waals surface area contributed by atoms with Crippen molar-refractivity contribution in [2.24, 2.45) is 0 Å². The molecule has 0 bridgehead atoms. The first-order valence-corrected chi connectivity index (χ1v) is 14.4. The van der Waals surface area contributed by atoms with Gasteiger partial charge in [0.05, 0.1) is 10.6 Å². The van der Waals surface area contributed by atoms with Crippen molar-refractivity contribution in [2.75, 3.05) is 17.4 Å². The van der Waals surface area contributed by atoms with Crippen LogP contribution in [0.15, 0.2) is 89.8 Å². The van der Waals surface area contributed by atoms with Gasteiger partial charge < -0.3 is 10.2 Å². The van der Waals surface area contributed by atoms with Crippen LogP contribution in [0.5, 0.6) is 0 Å². The summed E-state index contributed by atoms with van der Waals surface area (Å²) in [6.45, 7) is 7.95. The number of sulfonamides is 1. The van der Waals surface area contributed by atoms with E-state index in [-0.39, 0.29) is 23.3 Å². The van der Waals surface area contributed by atoms with Gasteiger partial charge in [-0.05, 0) is 54.7 Å². The van der Waals surface area contributed by atoms with Crippen molar-refractivity contribution < 1.29 is 18.0 Å². The highest BCUT2D eigenvalue weighted by molar-refractivity contribution is 7.92. The van der Waals surface area contributed by atoms with E-state index in [0.29, 0.717) is 12.2 Å². The maximum Gasteiger partial charge on any atom is 0.264 e. The molecule has 2 amide bonds. The Kier molecular flexibility index (Phi) is 10.1. The largest absolute Gasteiger partial charge is 0.354 e. The van der Waals surface area contributed by atoms with Gasteiger partial charge in [-0.1, -0.05) is 81.4 Å². The van der Waals surface area contributed by atoms with Gasteiger partial charge in [0, 0.05) is 13.1 Å². The molecule has 3 rings (SSSR count). The molecule has 38 heavy (non-hydrogen) atoms. The molecule has 0 saturated carbocycles. The average Bonchev–Trinajstić information content (AvgIpc) is 2.93. The summed E-state index contributed by atoms with van der Waals surface area (Å²) in [4.78, 5) is 28.2. The van der Waals surface area contributed by atoms with Crippen LogP contribution in [-0.2, 0) is 26.2 Å². The van der Waals surface area contributed by atoms with E-state index in [9.17, 15) is 18.0 Å². The molecule has 0 aliphatic heterocycles. The molecule has 202 valence electrons. The Labute approximate surface area is 226 Å². The SMILES string of the molecule is CCCNC(=O)[C@@H](C)N(Cc1ccccc1)C(=O)CN(c1ccc(C(C)C)cc1)S(=O)(=O)c1ccccc1. The number of anilines is 1. The lowest BCUT2D eigenvalue weighted by Crippen LogP contribution is -2.51. The Hall–Kier alpha value is -3.65. The number of amides is 2. The van der Waals surface area contributed by atoms with Crippen LogP contribution in [0.3, 0.4) is 0 Å². The molecule has 0 saturated heterocycles. The lowest BCUT2D eigenvalue weighted by molar-refractivity contribution is -0.139. The van der Waals surface area contributed by atoms with Gasteiger partial charge in [-0.2, -0.15) is 0 Å². The maximum atomic E-state index is 13.8. The number of nitrogens with one attached hydrogen (secondary N) is 1. The molecule has 3 aromatic carbocycles. The van der Waals surface area contributed by atoms with Gasteiger partial charge in [0.2, 0.25) is 11.8 Å². The predicted octanol–water partition coefficient (Wildman–Crippen LogP) is 4.95. The van der Waals surface area contributed by atoms with Gasteiger partial charge in [0.25, 0.3) is 10.0 Å². The van der Waals surface area contributed by atoms with Crippen molar-refractivity contribution in [3.8, 4) is 0 Å². The van der Waals surface area contributed by atoms with Crippen LogP contribution in [0.1, 0.15) is 51.2 Å². The highest BCUT2D eigenvalue weighted by Gasteiger charge is 2.32. The van der Waals surface area contributed by atoms with Crippen LogP contribution in [0, 0.1) is 0 Å². The van der Waals surface area contributed by atoms with E-state index in [0.717, 1.165) is 21.9 Å². The number of rotatable bonds is 12. The van der Waals surface area contributed by atoms with E-state index in [1.807, 2.05) is 49.4 Å². The van der Waals surface area contributed by atoms with E-state index in [4.69, 9.17) is 0 Å². The number of hydrogen-bond acceptors (Lipinski definition) is 4. The van der Waals surface area contributed by atoms with Crippen molar-refractivity contribution in [1.29, 1.82) is 0 Å². The normalized spacial score (nSPS) is 12.1. The average molecular weight is 536 g/mol. The first-order chi connectivity index (χ1) is 18.1. The van der Waals surface area contributed by atoms with Crippen molar-refractivity contribution >= 4 is 27.5 Å². The van der Waals surface area contributed by atoms with Gasteiger partial charge in [0.1, 0.15) is 12.6 Å². The molecule has 7 nitrogen and oxygen atoms in total. The number of carbonyl (C=O) groups excluding carboxylic acids is 2. The molecule has 0 spiro atoms. The van der Waals surface area contributed by atoms with Crippen LogP contribution in [-0.4, -0.2) is 44.3 Å². The summed E-state index contributed by atoms with van der Waals surface area (Å²) < 4.78 is 28.7. The summed E-state index contributed by atoms with van der Waals surface area (Å²) in [5.74, 6) is -0.482. The fraction of sp³-hybridized carbons (Fsp3) is 0.333. The molecule has 0 unspecified atom stereocenters. The first-order valence-electron chi connectivity index (χ1n) is 12.9. The quantitative estimate of drug-likeness (QED) is 0.356. The zero-order valence-corrected chi connectivity index (χ0v) is 23.3. The van der Waals surface area contributed by atoms with Crippen LogP contribution < -0.4 is 9.62 Å². The van der Waals surface area contributed by atoms with Crippen LogP contribution in [0.4, 0.5) is 5.69 Å². The third-order valence-electron chi connectivity index (χ3n) is 6.37. The minimum atomic E-state index is -4.06. The number of benzene rings is 3. The van der Waals surface area contributed by atoms with Crippen molar-refractivity contribution in [3.63, 3.8) is 0 Å². The highest BCUT2D eigenvalue weighted by Crippen LogP contribution is 2.26. The minimum absolute atomic E-state index is 0.0871. The number of hydrogen-bond donors (Lipinski definition) is 1.